The molecule has 30 heavy (non-hydrogen) atoms. The predicted octanol–water partition coefficient (Wildman–Crippen LogP) is 5.55. The summed E-state index contributed by atoms with van der Waals surface area (Å²) in [6.45, 7) is 4.50. The molecule has 0 saturated carbocycles. The second kappa shape index (κ2) is 7.94. The molecule has 1 amide bonds. The Balaban J connectivity index is 1.79. The lowest BCUT2D eigenvalue weighted by Gasteiger charge is -2.06. The maximum Gasteiger partial charge on any atom is 0.296 e. The monoisotopic (exact) mass is 402 g/mol. The van der Waals surface area contributed by atoms with E-state index in [1.54, 1.807) is 35.9 Å². The molecule has 4 aromatic rings. The highest BCUT2D eigenvalue weighted by molar-refractivity contribution is 6.07. The third-order valence-corrected chi connectivity index (χ3v) is 4.98. The average molecular weight is 402 g/mol. The van der Waals surface area contributed by atoms with E-state index in [1.165, 1.54) is 0 Å². The van der Waals surface area contributed by atoms with Gasteiger partial charge in [0.15, 0.2) is 5.69 Å². The van der Waals surface area contributed by atoms with E-state index in [-0.39, 0.29) is 5.88 Å². The van der Waals surface area contributed by atoms with E-state index in [2.05, 4.69) is 15.2 Å². The van der Waals surface area contributed by atoms with E-state index >= 15 is 0 Å². The van der Waals surface area contributed by atoms with Crippen molar-refractivity contribution >= 4 is 33.4 Å². The number of carbonyl (C=O) groups is 1. The molecule has 7 nitrogen and oxygen atoms in total. The number of nitrogens with zero attached hydrogens (tertiary/aromatic N) is 4. The van der Waals surface area contributed by atoms with Crippen LogP contribution in [0.1, 0.15) is 29.4 Å². The van der Waals surface area contributed by atoms with Crippen LogP contribution >= 0.6 is 0 Å². The fraction of sp³-hybridized carbons (Fsp3) is 0.217. The highest BCUT2D eigenvalue weighted by Gasteiger charge is 2.17. The van der Waals surface area contributed by atoms with E-state index in [1.807, 2.05) is 38.1 Å². The summed E-state index contributed by atoms with van der Waals surface area (Å²) in [5, 5.41) is 20.2. The molecule has 0 aliphatic carbocycles. The topological polar surface area (TPSA) is 89.1 Å². The van der Waals surface area contributed by atoms with Gasteiger partial charge in [-0.3, -0.25) is 9.78 Å². The quantitative estimate of drug-likeness (QED) is 0.444. The van der Waals surface area contributed by atoms with E-state index in [0.717, 1.165) is 17.3 Å². The number of benzene rings is 2. The smallest absolute Gasteiger partial charge is 0.296 e. The van der Waals surface area contributed by atoms with E-state index in [0.29, 0.717) is 40.1 Å². The maximum atomic E-state index is 12.9. The molecule has 2 aromatic carbocycles. The van der Waals surface area contributed by atoms with Crippen molar-refractivity contribution in [3.05, 3.63) is 59.8 Å². The van der Waals surface area contributed by atoms with Gasteiger partial charge >= 0.3 is 0 Å². The Bertz CT molecular complexity index is 1290. The van der Waals surface area contributed by atoms with Gasteiger partial charge in [0.05, 0.1) is 23.7 Å². The highest BCUT2D eigenvalue weighted by atomic mass is 16.5. The lowest BCUT2D eigenvalue weighted by molar-refractivity contribution is 0.0996. The number of methoxy groups -OCH3 is 1. The fourth-order valence-electron chi connectivity index (χ4n) is 3.61. The number of rotatable bonds is 5. The summed E-state index contributed by atoms with van der Waals surface area (Å²) in [5.41, 5.74) is 2.91. The third kappa shape index (κ3) is 3.39. The summed E-state index contributed by atoms with van der Waals surface area (Å²) in [7, 11) is 1.57. The minimum Gasteiger partial charge on any atom is -0.497 e. The number of aryl methyl sites for hydroxylation is 2. The molecule has 2 heterocycles. The van der Waals surface area contributed by atoms with Crippen LogP contribution in [-0.4, -0.2) is 27.7 Å². The molecule has 0 saturated heterocycles. The normalized spacial score (nSPS) is 11.6. The number of fused-ring (bicyclic) bond motifs is 2. The minimum absolute atomic E-state index is 0.00651. The van der Waals surface area contributed by atoms with Gasteiger partial charge in [-0.25, -0.2) is 0 Å². The molecule has 1 N–H and O–H groups in total. The number of hydrogen-bond acceptors (Lipinski definition) is 5. The van der Waals surface area contributed by atoms with Crippen LogP contribution in [0.25, 0.3) is 21.8 Å². The molecule has 0 spiro atoms. The van der Waals surface area contributed by atoms with Crippen LogP contribution in [0.15, 0.2) is 58.8 Å². The molecule has 152 valence electrons. The van der Waals surface area contributed by atoms with E-state index in [9.17, 15) is 9.90 Å². The Kier molecular flexibility index (Phi) is 5.18. The van der Waals surface area contributed by atoms with Crippen LogP contribution in [0, 0.1) is 6.92 Å². The Labute approximate surface area is 173 Å². The Morgan fingerprint density at radius 3 is 2.73 bits per heavy atom. The molecular formula is C23H22N4O3. The van der Waals surface area contributed by atoms with E-state index in [4.69, 9.17) is 4.74 Å². The van der Waals surface area contributed by atoms with Crippen molar-refractivity contribution in [3.8, 4) is 11.6 Å². The summed E-state index contributed by atoms with van der Waals surface area (Å²) in [6.07, 6.45) is 0.853. The summed E-state index contributed by atoms with van der Waals surface area (Å²) >= 11 is 0. The molecule has 0 aliphatic rings. The molecule has 7 heteroatoms. The molecule has 0 aliphatic heterocycles. The molecule has 2 aromatic heterocycles. The van der Waals surface area contributed by atoms with Crippen molar-refractivity contribution in [2.75, 3.05) is 7.11 Å². The molecular weight excluding hydrogens is 380 g/mol. The van der Waals surface area contributed by atoms with Crippen LogP contribution in [0.2, 0.25) is 0 Å². The van der Waals surface area contributed by atoms with Crippen LogP contribution in [-0.2, 0) is 6.54 Å². The predicted molar refractivity (Wildman–Crippen MR) is 116 cm³/mol. The van der Waals surface area contributed by atoms with Gasteiger partial charge in [0, 0.05) is 23.0 Å². The van der Waals surface area contributed by atoms with Gasteiger partial charge in [-0.1, -0.05) is 25.1 Å². The van der Waals surface area contributed by atoms with Crippen LogP contribution in [0.4, 0.5) is 5.69 Å². The van der Waals surface area contributed by atoms with Crippen molar-refractivity contribution in [1.29, 1.82) is 0 Å². The van der Waals surface area contributed by atoms with Gasteiger partial charge in [-0.05, 0) is 43.7 Å². The number of amides is 1. The molecule has 0 fully saturated rings. The Morgan fingerprint density at radius 2 is 1.97 bits per heavy atom. The molecule has 0 radical (unpaired) electrons. The number of pyridine rings is 1. The zero-order chi connectivity index (χ0) is 21.3. The minimum atomic E-state index is -0.509. The zero-order valence-corrected chi connectivity index (χ0v) is 17.1. The standard InChI is InChI=1S/C23H22N4O3/c1-4-11-27-20-8-6-5-7-16(20)21(23(27)29)25-26-22(28)18-12-14(2)24-19-10-9-15(30-3)13-17(18)19/h5-10,12-13,29H,4,11H2,1-3H3. The lowest BCUT2D eigenvalue weighted by Crippen LogP contribution is -1.99. The van der Waals surface area contributed by atoms with Crippen molar-refractivity contribution in [3.63, 3.8) is 0 Å². The Morgan fingerprint density at radius 1 is 1.17 bits per heavy atom. The largest absolute Gasteiger partial charge is 0.497 e. The van der Waals surface area contributed by atoms with Gasteiger partial charge in [-0.2, -0.15) is 0 Å². The van der Waals surface area contributed by atoms with Crippen molar-refractivity contribution in [1.82, 2.24) is 9.55 Å². The molecule has 0 bridgehead atoms. The number of aromatic nitrogens is 2. The van der Waals surface area contributed by atoms with Crippen molar-refractivity contribution in [2.45, 2.75) is 26.8 Å². The second-order valence-corrected chi connectivity index (χ2v) is 7.04. The van der Waals surface area contributed by atoms with Crippen LogP contribution in [0.3, 0.4) is 0 Å². The van der Waals surface area contributed by atoms with Gasteiger partial charge in [0.25, 0.3) is 5.91 Å². The van der Waals surface area contributed by atoms with Gasteiger partial charge in [0.1, 0.15) is 5.75 Å². The van der Waals surface area contributed by atoms with Gasteiger partial charge < -0.3 is 14.4 Å². The van der Waals surface area contributed by atoms with Crippen molar-refractivity contribution < 1.29 is 14.6 Å². The summed E-state index contributed by atoms with van der Waals surface area (Å²) in [6, 6.07) is 14.6. The number of carbonyl (C=O) groups excluding carboxylic acids is 1. The first-order valence-corrected chi connectivity index (χ1v) is 9.75. The molecule has 4 rings (SSSR count). The van der Waals surface area contributed by atoms with Crippen LogP contribution < -0.4 is 4.74 Å². The van der Waals surface area contributed by atoms with Gasteiger partial charge in [0.2, 0.25) is 5.88 Å². The Hall–Kier alpha value is -3.74. The fourth-order valence-corrected chi connectivity index (χ4v) is 3.61. The third-order valence-electron chi connectivity index (χ3n) is 4.98. The molecule has 0 atom stereocenters. The number of aromatic hydroxyl groups is 1. The second-order valence-electron chi connectivity index (χ2n) is 7.04. The van der Waals surface area contributed by atoms with E-state index < -0.39 is 5.91 Å². The molecule has 0 unspecified atom stereocenters. The number of ether oxygens (including phenoxy) is 1. The summed E-state index contributed by atoms with van der Waals surface area (Å²) < 4.78 is 7.06. The lowest BCUT2D eigenvalue weighted by atomic mass is 10.1. The van der Waals surface area contributed by atoms with Crippen LogP contribution in [0.5, 0.6) is 11.6 Å². The number of para-hydroxylation sites is 1. The maximum absolute atomic E-state index is 12.9. The summed E-state index contributed by atoms with van der Waals surface area (Å²) in [5.74, 6) is 0.122. The van der Waals surface area contributed by atoms with Gasteiger partial charge in [-0.15, -0.1) is 10.2 Å². The first kappa shape index (κ1) is 19.6. The first-order chi connectivity index (χ1) is 14.5. The average Bonchev–Trinajstić information content (AvgIpc) is 3.02. The SMILES string of the molecule is CCCn1c(O)c(N=NC(=O)c2cc(C)nc3ccc(OC)cc23)c2ccccc21. The van der Waals surface area contributed by atoms with Crippen molar-refractivity contribution in [2.24, 2.45) is 10.2 Å². The zero-order valence-electron chi connectivity index (χ0n) is 17.1. The first-order valence-electron chi connectivity index (χ1n) is 9.75. The highest BCUT2D eigenvalue weighted by Crippen LogP contribution is 2.39. The number of hydrogen-bond donors (Lipinski definition) is 1. The summed E-state index contributed by atoms with van der Waals surface area (Å²) in [4.78, 5) is 17.4. The number of azo groups is 1.